The molecule has 0 radical (unpaired) electrons. The maximum absolute atomic E-state index is 12.2. The third-order valence-corrected chi connectivity index (χ3v) is 4.43. The first kappa shape index (κ1) is 21.5. The van der Waals surface area contributed by atoms with Gasteiger partial charge in [-0.05, 0) is 24.3 Å². The molecule has 1 aromatic rings. The zero-order valence-corrected chi connectivity index (χ0v) is 15.9. The van der Waals surface area contributed by atoms with Gasteiger partial charge < -0.3 is 16.0 Å². The quantitative estimate of drug-likeness (QED) is 0.811. The van der Waals surface area contributed by atoms with E-state index in [0.717, 1.165) is 31.5 Å². The Kier molecular flexibility index (Phi) is 8.93. The average Bonchev–Trinajstić information content (AvgIpc) is 2.55. The summed E-state index contributed by atoms with van der Waals surface area (Å²) in [6.45, 7) is 5.56. The zero-order valence-electron chi connectivity index (χ0n) is 15.1. The highest BCUT2D eigenvalue weighted by Gasteiger charge is 2.24. The van der Waals surface area contributed by atoms with E-state index in [2.05, 4.69) is 19.2 Å². The minimum atomic E-state index is -0.279. The van der Waals surface area contributed by atoms with Crippen LogP contribution in [-0.4, -0.2) is 35.8 Å². The normalized spacial score (nSPS) is 16.2. The number of halogens is 1. The average molecular weight is 368 g/mol. The molecule has 6 heteroatoms. The van der Waals surface area contributed by atoms with Crippen molar-refractivity contribution in [3.63, 3.8) is 0 Å². The molecule has 1 heterocycles. The molecule has 0 aliphatic carbocycles. The van der Waals surface area contributed by atoms with E-state index >= 15 is 0 Å². The van der Waals surface area contributed by atoms with Crippen molar-refractivity contribution in [2.75, 3.05) is 13.1 Å². The van der Waals surface area contributed by atoms with E-state index in [9.17, 15) is 9.59 Å². The summed E-state index contributed by atoms with van der Waals surface area (Å²) < 4.78 is 0. The molecule has 1 aromatic carbocycles. The number of amides is 2. The monoisotopic (exact) mass is 367 g/mol. The van der Waals surface area contributed by atoms with Gasteiger partial charge in [-0.15, -0.1) is 12.4 Å². The number of nitrogens with two attached hydrogens (primary N) is 1. The van der Waals surface area contributed by atoms with Crippen LogP contribution >= 0.6 is 12.4 Å². The Balaban J connectivity index is 0.00000312. The summed E-state index contributed by atoms with van der Waals surface area (Å²) in [5.74, 6) is 0.591. The fraction of sp³-hybridized carbons (Fsp3) is 0.579. The van der Waals surface area contributed by atoms with Crippen LogP contribution in [0.15, 0.2) is 30.3 Å². The standard InChI is InChI=1S/C19H29N3O2.ClH/c1-14(2)12-19(24)22-10-8-16(9-11-22)21-18(23)13-17(20)15-6-4-3-5-7-15;/h3-7,14,16-17H,8-13,20H2,1-2H3,(H,21,23);1H. The molecular formula is C19H30ClN3O2. The van der Waals surface area contributed by atoms with Gasteiger partial charge in [0.05, 0.1) is 0 Å². The van der Waals surface area contributed by atoms with Crippen LogP contribution in [0, 0.1) is 5.92 Å². The molecule has 1 saturated heterocycles. The van der Waals surface area contributed by atoms with Crippen molar-refractivity contribution in [1.82, 2.24) is 10.2 Å². The molecule has 1 fully saturated rings. The second kappa shape index (κ2) is 10.4. The Morgan fingerprint density at radius 3 is 2.32 bits per heavy atom. The minimum Gasteiger partial charge on any atom is -0.353 e. The number of carbonyl (C=O) groups is 2. The van der Waals surface area contributed by atoms with Gasteiger partial charge in [0, 0.05) is 38.0 Å². The summed E-state index contributed by atoms with van der Waals surface area (Å²) in [6.07, 6.45) is 2.52. The molecule has 0 aromatic heterocycles. The highest BCUT2D eigenvalue weighted by atomic mass is 35.5. The predicted molar refractivity (Wildman–Crippen MR) is 102 cm³/mol. The smallest absolute Gasteiger partial charge is 0.222 e. The Hall–Kier alpha value is -1.59. The minimum absolute atomic E-state index is 0. The molecule has 140 valence electrons. The van der Waals surface area contributed by atoms with Crippen molar-refractivity contribution < 1.29 is 9.59 Å². The third-order valence-electron chi connectivity index (χ3n) is 4.43. The lowest BCUT2D eigenvalue weighted by atomic mass is 10.0. The first-order valence-corrected chi connectivity index (χ1v) is 8.83. The molecule has 5 nitrogen and oxygen atoms in total. The first-order chi connectivity index (χ1) is 11.5. The Labute approximate surface area is 156 Å². The lowest BCUT2D eigenvalue weighted by molar-refractivity contribution is -0.133. The van der Waals surface area contributed by atoms with Gasteiger partial charge in [0.25, 0.3) is 0 Å². The number of nitrogens with one attached hydrogen (secondary N) is 1. The van der Waals surface area contributed by atoms with Gasteiger partial charge in [-0.25, -0.2) is 0 Å². The maximum atomic E-state index is 12.2. The summed E-state index contributed by atoms with van der Waals surface area (Å²) in [7, 11) is 0. The van der Waals surface area contributed by atoms with E-state index in [1.165, 1.54) is 0 Å². The third kappa shape index (κ3) is 7.04. The fourth-order valence-corrected chi connectivity index (χ4v) is 3.06. The Morgan fingerprint density at radius 1 is 1.16 bits per heavy atom. The second-order valence-corrected chi connectivity index (χ2v) is 7.04. The first-order valence-electron chi connectivity index (χ1n) is 8.83. The van der Waals surface area contributed by atoms with Crippen LogP contribution in [-0.2, 0) is 9.59 Å². The number of rotatable bonds is 6. The lowest BCUT2D eigenvalue weighted by Crippen LogP contribution is -2.47. The van der Waals surface area contributed by atoms with Crippen LogP contribution in [0.25, 0.3) is 0 Å². The largest absolute Gasteiger partial charge is 0.353 e. The van der Waals surface area contributed by atoms with Gasteiger partial charge in [0.15, 0.2) is 0 Å². The van der Waals surface area contributed by atoms with Crippen molar-refractivity contribution in [2.45, 2.75) is 51.6 Å². The SMILES string of the molecule is CC(C)CC(=O)N1CCC(NC(=O)CC(N)c2ccccc2)CC1.Cl. The van der Waals surface area contributed by atoms with Gasteiger partial charge >= 0.3 is 0 Å². The van der Waals surface area contributed by atoms with Crippen molar-refractivity contribution in [3.05, 3.63) is 35.9 Å². The van der Waals surface area contributed by atoms with E-state index < -0.39 is 0 Å². The molecule has 3 N–H and O–H groups in total. The molecule has 2 amide bonds. The molecule has 1 unspecified atom stereocenters. The van der Waals surface area contributed by atoms with Crippen LogP contribution in [0.5, 0.6) is 0 Å². The van der Waals surface area contributed by atoms with E-state index in [-0.39, 0.29) is 42.7 Å². The topological polar surface area (TPSA) is 75.4 Å². The van der Waals surface area contributed by atoms with Gasteiger partial charge in [0.1, 0.15) is 0 Å². The van der Waals surface area contributed by atoms with Crippen molar-refractivity contribution in [1.29, 1.82) is 0 Å². The van der Waals surface area contributed by atoms with Crippen molar-refractivity contribution in [3.8, 4) is 0 Å². The van der Waals surface area contributed by atoms with E-state index in [1.54, 1.807) is 0 Å². The highest BCUT2D eigenvalue weighted by Crippen LogP contribution is 2.16. The van der Waals surface area contributed by atoms with Gasteiger partial charge in [-0.3, -0.25) is 9.59 Å². The molecule has 0 bridgehead atoms. The van der Waals surface area contributed by atoms with E-state index in [1.807, 2.05) is 35.2 Å². The predicted octanol–water partition coefficient (Wildman–Crippen LogP) is 2.65. The number of piperidine rings is 1. The number of nitrogens with zero attached hydrogens (tertiary/aromatic N) is 1. The van der Waals surface area contributed by atoms with Gasteiger partial charge in [-0.1, -0.05) is 44.2 Å². The number of carbonyl (C=O) groups excluding carboxylic acids is 2. The lowest BCUT2D eigenvalue weighted by Gasteiger charge is -2.33. The van der Waals surface area contributed by atoms with Crippen LogP contribution < -0.4 is 11.1 Å². The maximum Gasteiger partial charge on any atom is 0.222 e. The molecule has 0 saturated carbocycles. The van der Waals surface area contributed by atoms with Gasteiger partial charge in [-0.2, -0.15) is 0 Å². The fourth-order valence-electron chi connectivity index (χ4n) is 3.06. The number of hydrogen-bond donors (Lipinski definition) is 2. The molecule has 2 rings (SSSR count). The van der Waals surface area contributed by atoms with Crippen molar-refractivity contribution >= 4 is 24.2 Å². The second-order valence-electron chi connectivity index (χ2n) is 7.04. The molecule has 1 atom stereocenters. The van der Waals surface area contributed by atoms with E-state index in [4.69, 9.17) is 5.73 Å². The van der Waals surface area contributed by atoms with Gasteiger partial charge in [0.2, 0.25) is 11.8 Å². The number of benzene rings is 1. The Morgan fingerprint density at radius 2 is 1.76 bits per heavy atom. The number of hydrogen-bond acceptors (Lipinski definition) is 3. The molecule has 0 spiro atoms. The van der Waals surface area contributed by atoms with E-state index in [0.29, 0.717) is 12.3 Å². The number of likely N-dealkylation sites (tertiary alicyclic amines) is 1. The molecule has 1 aliphatic heterocycles. The van der Waals surface area contributed by atoms with Crippen LogP contribution in [0.3, 0.4) is 0 Å². The summed E-state index contributed by atoms with van der Waals surface area (Å²) in [5, 5.41) is 3.06. The molecular weight excluding hydrogens is 338 g/mol. The van der Waals surface area contributed by atoms with Crippen LogP contribution in [0.1, 0.15) is 51.1 Å². The Bertz CT molecular complexity index is 543. The zero-order chi connectivity index (χ0) is 17.5. The van der Waals surface area contributed by atoms with Crippen LogP contribution in [0.2, 0.25) is 0 Å². The van der Waals surface area contributed by atoms with Crippen LogP contribution in [0.4, 0.5) is 0 Å². The van der Waals surface area contributed by atoms with Crippen molar-refractivity contribution in [2.24, 2.45) is 11.7 Å². The summed E-state index contributed by atoms with van der Waals surface area (Å²) in [5.41, 5.74) is 7.07. The molecule has 1 aliphatic rings. The molecule has 25 heavy (non-hydrogen) atoms. The summed E-state index contributed by atoms with van der Waals surface area (Å²) in [6, 6.07) is 9.54. The highest BCUT2D eigenvalue weighted by molar-refractivity contribution is 5.85. The summed E-state index contributed by atoms with van der Waals surface area (Å²) >= 11 is 0. The summed E-state index contributed by atoms with van der Waals surface area (Å²) in [4.78, 5) is 26.2.